The number of likely N-dealkylation sites (tertiary alicyclic amines) is 1. The van der Waals surface area contributed by atoms with E-state index in [1.807, 2.05) is 26.8 Å². The molecule has 30 heavy (non-hydrogen) atoms. The molecule has 1 atom stereocenters. The van der Waals surface area contributed by atoms with Crippen molar-refractivity contribution >= 4 is 36.0 Å². The zero-order valence-corrected chi connectivity index (χ0v) is 20.1. The van der Waals surface area contributed by atoms with Crippen LogP contribution in [0.1, 0.15) is 32.8 Å². The van der Waals surface area contributed by atoms with Crippen molar-refractivity contribution in [2.24, 2.45) is 4.99 Å². The van der Waals surface area contributed by atoms with Gasteiger partial charge in [0.2, 0.25) is 0 Å². The van der Waals surface area contributed by atoms with Gasteiger partial charge in [-0.15, -0.1) is 24.0 Å². The molecular formula is C20H31F2IN4O3. The van der Waals surface area contributed by atoms with E-state index in [0.717, 1.165) is 18.5 Å². The summed E-state index contributed by atoms with van der Waals surface area (Å²) >= 11 is 0. The summed E-state index contributed by atoms with van der Waals surface area (Å²) in [6, 6.07) is 6.99. The van der Waals surface area contributed by atoms with Crippen molar-refractivity contribution in [1.29, 1.82) is 0 Å². The molecule has 0 saturated carbocycles. The van der Waals surface area contributed by atoms with Crippen LogP contribution in [-0.2, 0) is 11.3 Å². The molecular weight excluding hydrogens is 509 g/mol. The van der Waals surface area contributed by atoms with Gasteiger partial charge in [-0.05, 0) is 44.9 Å². The molecule has 1 unspecified atom stereocenters. The van der Waals surface area contributed by atoms with E-state index in [4.69, 9.17) is 9.47 Å². The van der Waals surface area contributed by atoms with Crippen molar-refractivity contribution in [3.63, 3.8) is 0 Å². The van der Waals surface area contributed by atoms with Gasteiger partial charge in [0, 0.05) is 26.7 Å². The molecule has 1 aliphatic rings. The van der Waals surface area contributed by atoms with Crippen LogP contribution in [0.15, 0.2) is 29.3 Å². The fraction of sp³-hybridized carbons (Fsp3) is 0.600. The van der Waals surface area contributed by atoms with Gasteiger partial charge in [0.25, 0.3) is 6.43 Å². The third kappa shape index (κ3) is 9.31. The normalized spacial score (nSPS) is 16.8. The zero-order chi connectivity index (χ0) is 21.4. The van der Waals surface area contributed by atoms with Gasteiger partial charge in [0.1, 0.15) is 18.0 Å². The molecule has 0 bridgehead atoms. The number of hydrogen-bond donors (Lipinski definition) is 2. The van der Waals surface area contributed by atoms with E-state index in [0.29, 0.717) is 24.8 Å². The van der Waals surface area contributed by atoms with Crippen molar-refractivity contribution in [1.82, 2.24) is 15.5 Å². The van der Waals surface area contributed by atoms with Gasteiger partial charge in [-0.25, -0.2) is 13.6 Å². The zero-order valence-electron chi connectivity index (χ0n) is 17.8. The lowest BCUT2D eigenvalue weighted by molar-refractivity contribution is 0.0507. The molecule has 1 heterocycles. The molecule has 2 rings (SSSR count). The van der Waals surface area contributed by atoms with Crippen LogP contribution in [0.25, 0.3) is 0 Å². The number of aliphatic imine (C=N–C) groups is 1. The van der Waals surface area contributed by atoms with Crippen LogP contribution in [0.2, 0.25) is 0 Å². The summed E-state index contributed by atoms with van der Waals surface area (Å²) in [5.41, 5.74) is 0.355. The third-order valence-corrected chi connectivity index (χ3v) is 4.15. The summed E-state index contributed by atoms with van der Waals surface area (Å²) in [5, 5.41) is 6.15. The molecule has 170 valence electrons. The maximum absolute atomic E-state index is 12.3. The van der Waals surface area contributed by atoms with Gasteiger partial charge in [0.05, 0.1) is 6.04 Å². The molecule has 0 aromatic heterocycles. The molecule has 10 heteroatoms. The summed E-state index contributed by atoms with van der Waals surface area (Å²) in [6.45, 7) is 6.69. The highest BCUT2D eigenvalue weighted by Gasteiger charge is 2.27. The number of rotatable bonds is 6. The second-order valence-corrected chi connectivity index (χ2v) is 7.83. The third-order valence-electron chi connectivity index (χ3n) is 4.15. The van der Waals surface area contributed by atoms with Crippen LogP contribution in [0.4, 0.5) is 13.6 Å². The van der Waals surface area contributed by atoms with E-state index < -0.39 is 24.7 Å². The van der Waals surface area contributed by atoms with Crippen LogP contribution < -0.4 is 15.4 Å². The lowest BCUT2D eigenvalue weighted by Gasteiger charge is -2.23. The van der Waals surface area contributed by atoms with Crippen LogP contribution in [0, 0.1) is 0 Å². The van der Waals surface area contributed by atoms with Crippen molar-refractivity contribution in [3.8, 4) is 5.75 Å². The number of benzene rings is 1. The van der Waals surface area contributed by atoms with Crippen molar-refractivity contribution in [2.45, 2.75) is 51.8 Å². The molecule has 7 nitrogen and oxygen atoms in total. The minimum atomic E-state index is -2.51. The number of carbonyl (C=O) groups is 1. The Labute approximate surface area is 193 Å². The summed E-state index contributed by atoms with van der Waals surface area (Å²) in [5.74, 6) is 1.11. The lowest BCUT2D eigenvalue weighted by atomic mass is 10.2. The van der Waals surface area contributed by atoms with Crippen LogP contribution in [-0.4, -0.2) is 61.8 Å². The van der Waals surface area contributed by atoms with Gasteiger partial charge in [-0.2, -0.15) is 0 Å². The van der Waals surface area contributed by atoms with Gasteiger partial charge >= 0.3 is 6.09 Å². The van der Waals surface area contributed by atoms with Crippen molar-refractivity contribution in [3.05, 3.63) is 29.8 Å². The van der Waals surface area contributed by atoms with E-state index in [2.05, 4.69) is 20.5 Å². The van der Waals surface area contributed by atoms with E-state index >= 15 is 0 Å². The smallest absolute Gasteiger partial charge is 0.407 e. The molecule has 1 aromatic rings. The van der Waals surface area contributed by atoms with E-state index in [1.54, 1.807) is 25.2 Å². The second-order valence-electron chi connectivity index (χ2n) is 7.83. The Balaban J connectivity index is 0.00000450. The molecule has 1 fully saturated rings. The first kappa shape index (κ1) is 26.2. The van der Waals surface area contributed by atoms with Crippen molar-refractivity contribution < 1.29 is 23.0 Å². The maximum atomic E-state index is 12.3. The lowest BCUT2D eigenvalue weighted by Crippen LogP contribution is -2.44. The number of nitrogens with zero attached hydrogens (tertiary/aromatic N) is 2. The maximum Gasteiger partial charge on any atom is 0.407 e. The first-order chi connectivity index (χ1) is 13.7. The number of carbonyl (C=O) groups excluding carboxylic acids is 1. The first-order valence-electron chi connectivity index (χ1n) is 9.61. The summed E-state index contributed by atoms with van der Waals surface area (Å²) in [7, 11) is 1.69. The minimum Gasteiger partial charge on any atom is -0.488 e. The summed E-state index contributed by atoms with van der Waals surface area (Å²) in [4.78, 5) is 18.3. The number of hydrogen-bond acceptors (Lipinski definition) is 4. The second kappa shape index (κ2) is 12.1. The molecule has 1 aromatic carbocycles. The van der Waals surface area contributed by atoms with E-state index in [9.17, 15) is 13.6 Å². The minimum absolute atomic E-state index is 0. The number of nitrogens with one attached hydrogen (secondary N) is 2. The Morgan fingerprint density at radius 3 is 2.73 bits per heavy atom. The SMILES string of the molecule is CN=C(NCc1cccc(OCC(F)F)c1)N1CCC(NC(=O)OC(C)(C)C)C1.I. The number of guanidine groups is 1. The summed E-state index contributed by atoms with van der Waals surface area (Å²) in [6.07, 6.45) is -2.14. The van der Waals surface area contributed by atoms with E-state index in [1.165, 1.54) is 0 Å². The van der Waals surface area contributed by atoms with Gasteiger partial charge < -0.3 is 25.0 Å². The van der Waals surface area contributed by atoms with Gasteiger partial charge in [0.15, 0.2) is 5.96 Å². The van der Waals surface area contributed by atoms with Crippen molar-refractivity contribution in [2.75, 3.05) is 26.7 Å². The highest BCUT2D eigenvalue weighted by Crippen LogP contribution is 2.15. The molecule has 1 saturated heterocycles. The number of ether oxygens (including phenoxy) is 2. The molecule has 1 aliphatic heterocycles. The summed E-state index contributed by atoms with van der Waals surface area (Å²) < 4.78 is 34.9. The van der Waals surface area contributed by atoms with Gasteiger partial charge in [-0.1, -0.05) is 12.1 Å². The monoisotopic (exact) mass is 540 g/mol. The Kier molecular flexibility index (Phi) is 10.6. The number of alkyl halides is 2. The topological polar surface area (TPSA) is 75.2 Å². The quantitative estimate of drug-likeness (QED) is 0.328. The van der Waals surface area contributed by atoms with E-state index in [-0.39, 0.29) is 30.0 Å². The fourth-order valence-corrected chi connectivity index (χ4v) is 2.96. The molecule has 1 amide bonds. The Morgan fingerprint density at radius 1 is 1.37 bits per heavy atom. The number of halogens is 3. The fourth-order valence-electron chi connectivity index (χ4n) is 2.96. The number of alkyl carbamates (subject to hydrolysis) is 1. The number of amides is 1. The van der Waals surface area contributed by atoms with Gasteiger partial charge in [-0.3, -0.25) is 4.99 Å². The van der Waals surface area contributed by atoms with Crippen LogP contribution in [0.3, 0.4) is 0 Å². The Hall–Kier alpha value is -1.85. The van der Waals surface area contributed by atoms with Crippen LogP contribution in [0.5, 0.6) is 5.75 Å². The Morgan fingerprint density at radius 2 is 2.10 bits per heavy atom. The highest BCUT2D eigenvalue weighted by molar-refractivity contribution is 14.0. The molecule has 0 aliphatic carbocycles. The molecule has 0 radical (unpaired) electrons. The highest BCUT2D eigenvalue weighted by atomic mass is 127. The largest absolute Gasteiger partial charge is 0.488 e. The standard InChI is InChI=1S/C20H30F2N4O3.HI/c1-20(2,3)29-19(27)25-15-8-9-26(12-15)18(23-4)24-11-14-6-5-7-16(10-14)28-13-17(21)22;/h5-7,10,15,17H,8-9,11-13H2,1-4H3,(H,23,24)(H,25,27);1H. The average Bonchev–Trinajstić information content (AvgIpc) is 3.07. The predicted molar refractivity (Wildman–Crippen MR) is 123 cm³/mol. The average molecular weight is 540 g/mol. The molecule has 0 spiro atoms. The van der Waals surface area contributed by atoms with Crippen LogP contribution >= 0.6 is 24.0 Å². The predicted octanol–water partition coefficient (Wildman–Crippen LogP) is 3.62. The molecule has 2 N–H and O–H groups in total. The first-order valence-corrected chi connectivity index (χ1v) is 9.61. The Bertz CT molecular complexity index is 714.